The minimum Gasteiger partial charge on any atom is -0.381 e. The zero-order valence-corrected chi connectivity index (χ0v) is 5.17. The summed E-state index contributed by atoms with van der Waals surface area (Å²) >= 11 is 0. The van der Waals surface area contributed by atoms with Crippen LogP contribution in [0.1, 0.15) is 0 Å². The molecule has 2 N–H and O–H groups in total. The van der Waals surface area contributed by atoms with Crippen molar-refractivity contribution in [3.63, 3.8) is 0 Å². The first kappa shape index (κ1) is 6.29. The lowest BCUT2D eigenvalue weighted by molar-refractivity contribution is 0.286. The van der Waals surface area contributed by atoms with Crippen LogP contribution in [0.3, 0.4) is 0 Å². The Balaban J connectivity index is 2.50. The molecule has 0 bridgehead atoms. The molecule has 0 spiro atoms. The molecule has 0 fully saturated rings. The van der Waals surface area contributed by atoms with Crippen molar-refractivity contribution >= 4 is 5.84 Å². The molecule has 0 amide bonds. The van der Waals surface area contributed by atoms with Crippen LogP contribution in [-0.2, 0) is 0 Å². The molecule has 3 nitrogen and oxygen atoms in total. The first-order valence-electron chi connectivity index (χ1n) is 2.93. The first-order chi connectivity index (χ1) is 4.34. The second kappa shape index (κ2) is 2.64. The Morgan fingerprint density at radius 3 is 3.11 bits per heavy atom. The van der Waals surface area contributed by atoms with Crippen molar-refractivity contribution in [2.45, 2.75) is 6.10 Å². The van der Waals surface area contributed by atoms with Crippen molar-refractivity contribution in [2.24, 2.45) is 4.99 Å². The zero-order valence-electron chi connectivity index (χ0n) is 5.17. The number of hydrogen-bond donors (Lipinski definition) is 2. The van der Waals surface area contributed by atoms with Crippen LogP contribution < -0.4 is 5.32 Å². The van der Waals surface area contributed by atoms with E-state index < -0.39 is 6.10 Å². The third kappa shape index (κ3) is 1.29. The first-order valence-corrected chi connectivity index (χ1v) is 2.93. The molecule has 0 saturated heterocycles. The van der Waals surface area contributed by atoms with Gasteiger partial charge in [0.15, 0.2) is 0 Å². The predicted molar refractivity (Wildman–Crippen MR) is 36.5 cm³/mol. The van der Waals surface area contributed by atoms with E-state index in [-0.39, 0.29) is 0 Å². The van der Waals surface area contributed by atoms with Gasteiger partial charge in [-0.15, -0.1) is 6.58 Å². The molecule has 50 valence electrons. The van der Waals surface area contributed by atoms with Gasteiger partial charge in [-0.2, -0.15) is 0 Å². The Kier molecular flexibility index (Phi) is 1.85. The molecular weight excluding hydrogens is 116 g/mol. The van der Waals surface area contributed by atoms with Crippen LogP contribution >= 0.6 is 0 Å². The molecule has 1 aliphatic heterocycles. The van der Waals surface area contributed by atoms with E-state index in [9.17, 15) is 0 Å². The summed E-state index contributed by atoms with van der Waals surface area (Å²) in [7, 11) is 0. The topological polar surface area (TPSA) is 44.6 Å². The third-order valence-electron chi connectivity index (χ3n) is 1.20. The maximum Gasteiger partial charge on any atom is 0.130 e. The standard InChI is InChI=1S/C6H10N2O/c1-2-5(9)6-7-3-4-8-6/h2,5,9H,1,3-4H2,(H,7,8). The van der Waals surface area contributed by atoms with Crippen LogP contribution in [0.4, 0.5) is 0 Å². The summed E-state index contributed by atoms with van der Waals surface area (Å²) in [6.45, 7) is 5.03. The highest BCUT2D eigenvalue weighted by atomic mass is 16.3. The van der Waals surface area contributed by atoms with E-state index in [4.69, 9.17) is 5.11 Å². The molecule has 0 saturated carbocycles. The molecule has 1 unspecified atom stereocenters. The molecular formula is C6H10N2O. The maximum atomic E-state index is 9.05. The number of aliphatic hydroxyl groups excluding tert-OH is 1. The van der Waals surface area contributed by atoms with Gasteiger partial charge in [-0.25, -0.2) is 0 Å². The van der Waals surface area contributed by atoms with Crippen molar-refractivity contribution in [2.75, 3.05) is 13.1 Å². The smallest absolute Gasteiger partial charge is 0.130 e. The van der Waals surface area contributed by atoms with Gasteiger partial charge >= 0.3 is 0 Å². The van der Waals surface area contributed by atoms with Crippen LogP contribution in [0.25, 0.3) is 0 Å². The number of hydrogen-bond acceptors (Lipinski definition) is 3. The molecule has 0 aromatic carbocycles. The summed E-state index contributed by atoms with van der Waals surface area (Å²) in [6, 6.07) is 0. The minimum atomic E-state index is -0.604. The Labute approximate surface area is 54.1 Å². The summed E-state index contributed by atoms with van der Waals surface area (Å²) < 4.78 is 0. The lowest BCUT2D eigenvalue weighted by Gasteiger charge is -2.03. The van der Waals surface area contributed by atoms with Crippen molar-refractivity contribution in [3.8, 4) is 0 Å². The second-order valence-corrected chi connectivity index (χ2v) is 1.87. The Bertz CT molecular complexity index is 142. The number of nitrogens with one attached hydrogen (secondary N) is 1. The van der Waals surface area contributed by atoms with Gasteiger partial charge in [-0.1, -0.05) is 6.08 Å². The van der Waals surface area contributed by atoms with Gasteiger partial charge in [-0.3, -0.25) is 4.99 Å². The molecule has 1 atom stereocenters. The monoisotopic (exact) mass is 126 g/mol. The largest absolute Gasteiger partial charge is 0.381 e. The average molecular weight is 126 g/mol. The van der Waals surface area contributed by atoms with E-state index >= 15 is 0 Å². The summed E-state index contributed by atoms with van der Waals surface area (Å²) in [6.07, 6.45) is 0.851. The maximum absolute atomic E-state index is 9.05. The van der Waals surface area contributed by atoms with E-state index in [2.05, 4.69) is 16.9 Å². The quantitative estimate of drug-likeness (QED) is 0.491. The highest BCUT2D eigenvalue weighted by Gasteiger charge is 2.10. The molecule has 0 aliphatic carbocycles. The van der Waals surface area contributed by atoms with E-state index in [0.717, 1.165) is 13.1 Å². The molecule has 0 aromatic heterocycles. The van der Waals surface area contributed by atoms with Gasteiger partial charge in [-0.05, 0) is 0 Å². The van der Waals surface area contributed by atoms with Gasteiger partial charge in [0.25, 0.3) is 0 Å². The molecule has 1 aliphatic rings. The summed E-state index contributed by atoms with van der Waals surface area (Å²) in [5, 5.41) is 12.0. The van der Waals surface area contributed by atoms with Crippen molar-refractivity contribution in [1.29, 1.82) is 0 Å². The van der Waals surface area contributed by atoms with Gasteiger partial charge in [0, 0.05) is 6.54 Å². The van der Waals surface area contributed by atoms with E-state index in [1.807, 2.05) is 0 Å². The highest BCUT2D eigenvalue weighted by molar-refractivity contribution is 5.89. The SMILES string of the molecule is C=CC(O)C1=NCCN1. The minimum absolute atomic E-state index is 0.604. The summed E-state index contributed by atoms with van der Waals surface area (Å²) in [5.74, 6) is 0.644. The fourth-order valence-electron chi connectivity index (χ4n) is 0.726. The van der Waals surface area contributed by atoms with E-state index in [1.165, 1.54) is 6.08 Å². The fraction of sp³-hybridized carbons (Fsp3) is 0.500. The molecule has 1 heterocycles. The molecule has 9 heavy (non-hydrogen) atoms. The Morgan fingerprint density at radius 1 is 1.89 bits per heavy atom. The average Bonchev–Trinajstić information content (AvgIpc) is 2.37. The fourth-order valence-corrected chi connectivity index (χ4v) is 0.726. The highest BCUT2D eigenvalue weighted by Crippen LogP contribution is 1.92. The van der Waals surface area contributed by atoms with E-state index in [1.54, 1.807) is 0 Å². The zero-order chi connectivity index (χ0) is 6.69. The van der Waals surface area contributed by atoms with Gasteiger partial charge in [0.2, 0.25) is 0 Å². The lowest BCUT2D eigenvalue weighted by atomic mass is 10.3. The van der Waals surface area contributed by atoms with Crippen molar-refractivity contribution < 1.29 is 5.11 Å². The second-order valence-electron chi connectivity index (χ2n) is 1.87. The van der Waals surface area contributed by atoms with Crippen LogP contribution in [0.15, 0.2) is 17.6 Å². The Hall–Kier alpha value is -0.830. The van der Waals surface area contributed by atoms with Crippen LogP contribution in [0, 0.1) is 0 Å². The molecule has 1 rings (SSSR count). The summed E-state index contributed by atoms with van der Waals surface area (Å²) in [5.41, 5.74) is 0. The van der Waals surface area contributed by atoms with Crippen LogP contribution in [-0.4, -0.2) is 30.1 Å². The van der Waals surface area contributed by atoms with Gasteiger partial charge < -0.3 is 10.4 Å². The molecule has 3 heteroatoms. The van der Waals surface area contributed by atoms with Crippen LogP contribution in [0.5, 0.6) is 0 Å². The Morgan fingerprint density at radius 2 is 2.67 bits per heavy atom. The van der Waals surface area contributed by atoms with Crippen LogP contribution in [0.2, 0.25) is 0 Å². The number of aliphatic imine (C=N–C) groups is 1. The van der Waals surface area contributed by atoms with E-state index in [0.29, 0.717) is 5.84 Å². The van der Waals surface area contributed by atoms with Crippen molar-refractivity contribution in [3.05, 3.63) is 12.7 Å². The van der Waals surface area contributed by atoms with Gasteiger partial charge in [0.1, 0.15) is 11.9 Å². The van der Waals surface area contributed by atoms with Gasteiger partial charge in [0.05, 0.1) is 6.54 Å². The van der Waals surface area contributed by atoms with Crippen molar-refractivity contribution in [1.82, 2.24) is 5.32 Å². The number of amidine groups is 1. The number of nitrogens with zero attached hydrogens (tertiary/aromatic N) is 1. The lowest BCUT2D eigenvalue weighted by Crippen LogP contribution is -2.29. The number of rotatable bonds is 2. The molecule has 0 radical (unpaired) electrons. The third-order valence-corrected chi connectivity index (χ3v) is 1.20. The molecule has 0 aromatic rings. The summed E-state index contributed by atoms with van der Waals surface area (Å²) in [4.78, 5) is 3.99. The normalized spacial score (nSPS) is 20.3. The number of aliphatic hydroxyl groups is 1. The predicted octanol–water partition coefficient (Wildman–Crippen LogP) is -0.465.